The highest BCUT2D eigenvalue weighted by molar-refractivity contribution is 7.05. The van der Waals surface area contributed by atoms with Crippen LogP contribution in [0.4, 0.5) is 0 Å². The molecule has 0 bridgehead atoms. The van der Waals surface area contributed by atoms with Crippen LogP contribution in [0.3, 0.4) is 0 Å². The third-order valence-electron chi connectivity index (χ3n) is 2.95. The van der Waals surface area contributed by atoms with Gasteiger partial charge in [0.05, 0.1) is 0 Å². The molecule has 1 aromatic heterocycles. The standard InChI is InChI=1S/C10H14N2O2S/c1-6-11-9(15-12-6)8(10(13)14)7-4-2-3-5-7/h7-8H,2-5H2,1H3,(H,13,14). The van der Waals surface area contributed by atoms with E-state index in [1.165, 1.54) is 11.5 Å². The van der Waals surface area contributed by atoms with Crippen molar-refractivity contribution in [2.45, 2.75) is 38.5 Å². The van der Waals surface area contributed by atoms with Crippen molar-refractivity contribution in [3.8, 4) is 0 Å². The van der Waals surface area contributed by atoms with Gasteiger partial charge in [-0.05, 0) is 37.2 Å². The lowest BCUT2D eigenvalue weighted by molar-refractivity contribution is -0.140. The van der Waals surface area contributed by atoms with Gasteiger partial charge in [0.25, 0.3) is 0 Å². The predicted octanol–water partition coefficient (Wildman–Crippen LogP) is 2.20. The van der Waals surface area contributed by atoms with Gasteiger partial charge in [-0.2, -0.15) is 4.37 Å². The largest absolute Gasteiger partial charge is 0.481 e. The molecule has 1 fully saturated rings. The van der Waals surface area contributed by atoms with Crippen LogP contribution in [0.25, 0.3) is 0 Å². The highest BCUT2D eigenvalue weighted by atomic mass is 32.1. The molecule has 1 aliphatic rings. The van der Waals surface area contributed by atoms with Crippen molar-refractivity contribution >= 4 is 17.5 Å². The zero-order chi connectivity index (χ0) is 10.8. The Hall–Kier alpha value is -0.970. The van der Waals surface area contributed by atoms with Crippen LogP contribution < -0.4 is 0 Å². The number of carbonyl (C=O) groups is 1. The molecule has 82 valence electrons. The number of hydrogen-bond acceptors (Lipinski definition) is 4. The third-order valence-corrected chi connectivity index (χ3v) is 3.83. The Labute approximate surface area is 92.5 Å². The van der Waals surface area contributed by atoms with Crippen molar-refractivity contribution in [1.82, 2.24) is 9.36 Å². The topological polar surface area (TPSA) is 63.1 Å². The number of carboxylic acid groups (broad SMARTS) is 1. The highest BCUT2D eigenvalue weighted by Crippen LogP contribution is 2.37. The van der Waals surface area contributed by atoms with Crippen molar-refractivity contribution in [1.29, 1.82) is 0 Å². The number of aromatic nitrogens is 2. The Bertz CT molecular complexity index is 358. The summed E-state index contributed by atoms with van der Waals surface area (Å²) < 4.78 is 4.06. The van der Waals surface area contributed by atoms with E-state index in [4.69, 9.17) is 0 Å². The third kappa shape index (κ3) is 2.17. The fourth-order valence-corrected chi connectivity index (χ4v) is 3.09. The first kappa shape index (κ1) is 10.5. The second-order valence-corrected chi connectivity index (χ2v) is 4.82. The molecule has 0 amide bonds. The van der Waals surface area contributed by atoms with E-state index >= 15 is 0 Å². The number of nitrogens with zero attached hydrogens (tertiary/aromatic N) is 2. The lowest BCUT2D eigenvalue weighted by atomic mass is 9.91. The zero-order valence-corrected chi connectivity index (χ0v) is 9.46. The molecular weight excluding hydrogens is 212 g/mol. The molecule has 0 aliphatic heterocycles. The van der Waals surface area contributed by atoms with E-state index in [1.54, 1.807) is 6.92 Å². The van der Waals surface area contributed by atoms with E-state index in [1.807, 2.05) is 0 Å². The van der Waals surface area contributed by atoms with Crippen molar-refractivity contribution < 1.29 is 9.90 Å². The average Bonchev–Trinajstić information content (AvgIpc) is 2.77. The van der Waals surface area contributed by atoms with Gasteiger partial charge in [-0.1, -0.05) is 12.8 Å². The zero-order valence-electron chi connectivity index (χ0n) is 8.64. The Morgan fingerprint density at radius 2 is 2.20 bits per heavy atom. The van der Waals surface area contributed by atoms with Crippen molar-refractivity contribution in [2.24, 2.45) is 5.92 Å². The van der Waals surface area contributed by atoms with Gasteiger partial charge < -0.3 is 5.11 Å². The molecule has 0 radical (unpaired) electrons. The number of hydrogen-bond donors (Lipinski definition) is 1. The molecule has 1 aliphatic carbocycles. The molecule has 0 spiro atoms. The van der Waals surface area contributed by atoms with Crippen LogP contribution >= 0.6 is 11.5 Å². The molecule has 1 unspecified atom stereocenters. The van der Waals surface area contributed by atoms with E-state index in [0.717, 1.165) is 25.7 Å². The summed E-state index contributed by atoms with van der Waals surface area (Å²) in [5, 5.41) is 9.91. The van der Waals surface area contributed by atoms with Gasteiger partial charge in [-0.25, -0.2) is 4.98 Å². The molecule has 1 saturated carbocycles. The fraction of sp³-hybridized carbons (Fsp3) is 0.700. The molecule has 0 aromatic carbocycles. The van der Waals surface area contributed by atoms with Gasteiger partial charge in [0.1, 0.15) is 16.7 Å². The lowest BCUT2D eigenvalue weighted by Crippen LogP contribution is -2.19. The quantitative estimate of drug-likeness (QED) is 0.858. The summed E-state index contributed by atoms with van der Waals surface area (Å²) in [4.78, 5) is 15.4. The van der Waals surface area contributed by atoms with E-state index in [0.29, 0.717) is 10.8 Å². The minimum atomic E-state index is -0.752. The Balaban J connectivity index is 2.22. The van der Waals surface area contributed by atoms with Gasteiger partial charge in [-0.3, -0.25) is 4.79 Å². The molecule has 2 rings (SSSR count). The Morgan fingerprint density at radius 3 is 2.67 bits per heavy atom. The molecule has 4 nitrogen and oxygen atoms in total. The smallest absolute Gasteiger partial charge is 0.313 e. The molecule has 15 heavy (non-hydrogen) atoms. The SMILES string of the molecule is Cc1nsc(C(C(=O)O)C2CCCC2)n1. The molecule has 1 aromatic rings. The minimum absolute atomic E-state index is 0.259. The van der Waals surface area contributed by atoms with Crippen LogP contribution in [0, 0.1) is 12.8 Å². The van der Waals surface area contributed by atoms with Gasteiger partial charge in [0.2, 0.25) is 0 Å². The van der Waals surface area contributed by atoms with Crippen molar-refractivity contribution in [2.75, 3.05) is 0 Å². The predicted molar refractivity (Wildman–Crippen MR) is 57.0 cm³/mol. The average molecular weight is 226 g/mol. The molecular formula is C10H14N2O2S. The van der Waals surface area contributed by atoms with Crippen LogP contribution in [0.5, 0.6) is 0 Å². The summed E-state index contributed by atoms with van der Waals surface area (Å²) in [6.07, 6.45) is 4.31. The fourth-order valence-electron chi connectivity index (χ4n) is 2.24. The van der Waals surface area contributed by atoms with Crippen LogP contribution in [-0.4, -0.2) is 20.4 Å². The second-order valence-electron chi connectivity index (χ2n) is 4.04. The van der Waals surface area contributed by atoms with Crippen LogP contribution in [-0.2, 0) is 4.79 Å². The maximum absolute atomic E-state index is 11.2. The maximum Gasteiger partial charge on any atom is 0.313 e. The van der Waals surface area contributed by atoms with E-state index in [-0.39, 0.29) is 5.92 Å². The maximum atomic E-state index is 11.2. The summed E-state index contributed by atoms with van der Waals surface area (Å²) >= 11 is 1.23. The van der Waals surface area contributed by atoms with Crippen LogP contribution in [0.15, 0.2) is 0 Å². The van der Waals surface area contributed by atoms with E-state index in [2.05, 4.69) is 9.36 Å². The van der Waals surface area contributed by atoms with Crippen LogP contribution in [0.1, 0.15) is 42.4 Å². The number of carboxylic acids is 1. The number of aliphatic carboxylic acids is 1. The summed E-state index contributed by atoms with van der Waals surface area (Å²) in [7, 11) is 0. The Kier molecular flexibility index (Phi) is 3.00. The molecule has 1 N–H and O–H groups in total. The molecule has 5 heteroatoms. The molecule has 0 saturated heterocycles. The second kappa shape index (κ2) is 4.26. The lowest BCUT2D eigenvalue weighted by Gasteiger charge is -2.15. The molecule has 1 heterocycles. The first-order chi connectivity index (χ1) is 7.18. The summed E-state index contributed by atoms with van der Waals surface area (Å²) in [6.45, 7) is 1.80. The van der Waals surface area contributed by atoms with Crippen molar-refractivity contribution in [3.63, 3.8) is 0 Å². The van der Waals surface area contributed by atoms with Gasteiger partial charge >= 0.3 is 5.97 Å². The minimum Gasteiger partial charge on any atom is -0.481 e. The first-order valence-electron chi connectivity index (χ1n) is 5.21. The highest BCUT2D eigenvalue weighted by Gasteiger charge is 2.34. The monoisotopic (exact) mass is 226 g/mol. The summed E-state index contributed by atoms with van der Waals surface area (Å²) in [6, 6.07) is 0. The van der Waals surface area contributed by atoms with Crippen LogP contribution in [0.2, 0.25) is 0 Å². The number of rotatable bonds is 3. The normalized spacial score (nSPS) is 19.3. The first-order valence-corrected chi connectivity index (χ1v) is 5.99. The van der Waals surface area contributed by atoms with E-state index in [9.17, 15) is 9.90 Å². The summed E-state index contributed by atoms with van der Waals surface area (Å²) in [5.41, 5.74) is 0. The van der Waals surface area contributed by atoms with Gasteiger partial charge in [-0.15, -0.1) is 0 Å². The summed E-state index contributed by atoms with van der Waals surface area (Å²) in [5.74, 6) is -0.245. The Morgan fingerprint density at radius 1 is 1.53 bits per heavy atom. The molecule has 1 atom stereocenters. The van der Waals surface area contributed by atoms with E-state index < -0.39 is 11.9 Å². The van der Waals surface area contributed by atoms with Crippen molar-refractivity contribution in [3.05, 3.63) is 10.8 Å². The number of aryl methyl sites for hydroxylation is 1. The van der Waals surface area contributed by atoms with Gasteiger partial charge in [0, 0.05) is 0 Å². The van der Waals surface area contributed by atoms with Gasteiger partial charge in [0.15, 0.2) is 0 Å².